The van der Waals surface area contributed by atoms with Crippen LogP contribution in [0.5, 0.6) is 0 Å². The van der Waals surface area contributed by atoms with Crippen molar-refractivity contribution in [3.05, 3.63) is 51.3 Å². The number of nitro groups is 1. The fourth-order valence-corrected chi connectivity index (χ4v) is 4.18. The molecular formula is C22H26N6O3. The summed E-state index contributed by atoms with van der Waals surface area (Å²) in [7, 11) is 0. The highest BCUT2D eigenvalue weighted by Gasteiger charge is 2.23. The number of anilines is 2. The average Bonchev–Trinajstić information content (AvgIpc) is 3.01. The molecule has 2 aromatic heterocycles. The third-order valence-electron chi connectivity index (χ3n) is 5.79. The van der Waals surface area contributed by atoms with Crippen molar-refractivity contribution in [3.63, 3.8) is 0 Å². The molecule has 0 bridgehead atoms. The van der Waals surface area contributed by atoms with Crippen molar-refractivity contribution >= 4 is 34.0 Å². The summed E-state index contributed by atoms with van der Waals surface area (Å²) in [6.07, 6.45) is 3.67. The van der Waals surface area contributed by atoms with Crippen molar-refractivity contribution in [2.75, 3.05) is 23.3 Å². The van der Waals surface area contributed by atoms with Gasteiger partial charge in [-0.25, -0.2) is 4.98 Å². The van der Waals surface area contributed by atoms with E-state index in [9.17, 15) is 14.9 Å². The van der Waals surface area contributed by atoms with Gasteiger partial charge in [0.25, 0.3) is 0 Å². The Balaban J connectivity index is 1.52. The molecule has 0 saturated carbocycles. The van der Waals surface area contributed by atoms with Gasteiger partial charge in [-0.05, 0) is 69.9 Å². The monoisotopic (exact) mass is 422 g/mol. The minimum Gasteiger partial charge on any atom is -0.357 e. The van der Waals surface area contributed by atoms with Crippen molar-refractivity contribution in [1.29, 1.82) is 0 Å². The minimum absolute atomic E-state index is 0.0512. The summed E-state index contributed by atoms with van der Waals surface area (Å²) >= 11 is 0. The predicted molar refractivity (Wildman–Crippen MR) is 120 cm³/mol. The summed E-state index contributed by atoms with van der Waals surface area (Å²) in [5.41, 5.74) is 3.27. The van der Waals surface area contributed by atoms with Crippen LogP contribution in [0.15, 0.2) is 24.3 Å². The summed E-state index contributed by atoms with van der Waals surface area (Å²) in [5, 5.41) is 19.1. The number of aromatic nitrogens is 3. The van der Waals surface area contributed by atoms with E-state index < -0.39 is 4.92 Å². The highest BCUT2D eigenvalue weighted by Crippen LogP contribution is 2.27. The van der Waals surface area contributed by atoms with Crippen LogP contribution in [0.1, 0.15) is 36.2 Å². The van der Waals surface area contributed by atoms with Gasteiger partial charge >= 0.3 is 5.69 Å². The Kier molecular flexibility index (Phi) is 5.58. The Morgan fingerprint density at radius 2 is 1.90 bits per heavy atom. The standard InChI is InChI=1S/C22H26N6O3/c1-14-11-20(26-9-5-4-6-10-26)24-19-8-7-17(12-18(14)19)23-21(29)13-27-16(3)22(28(30)31)15(2)25-27/h7-8,11-12H,4-6,9-10,13H2,1-3H3,(H,23,29). The number of rotatable bonds is 5. The third kappa shape index (κ3) is 4.21. The molecule has 1 fully saturated rings. The highest BCUT2D eigenvalue weighted by atomic mass is 16.6. The largest absolute Gasteiger partial charge is 0.357 e. The summed E-state index contributed by atoms with van der Waals surface area (Å²) in [5.74, 6) is 0.711. The van der Waals surface area contributed by atoms with Crippen LogP contribution in [-0.2, 0) is 11.3 Å². The Labute approximate surface area is 180 Å². The lowest BCUT2D eigenvalue weighted by Gasteiger charge is -2.28. The predicted octanol–water partition coefficient (Wildman–Crippen LogP) is 3.89. The molecule has 3 heterocycles. The second-order valence-electron chi connectivity index (χ2n) is 8.06. The number of carbonyl (C=O) groups excluding carboxylic acids is 1. The molecule has 0 atom stereocenters. The topological polar surface area (TPSA) is 106 Å². The first kappa shape index (κ1) is 20.8. The number of nitrogens with zero attached hydrogens (tertiary/aromatic N) is 5. The van der Waals surface area contributed by atoms with Crippen LogP contribution in [0.2, 0.25) is 0 Å². The number of fused-ring (bicyclic) bond motifs is 1. The summed E-state index contributed by atoms with van der Waals surface area (Å²) in [6.45, 7) is 7.20. The SMILES string of the molecule is Cc1nn(CC(=O)Nc2ccc3nc(N4CCCCC4)cc(C)c3c2)c(C)c1[N+](=O)[O-]. The lowest BCUT2D eigenvalue weighted by Crippen LogP contribution is -2.30. The van der Waals surface area contributed by atoms with E-state index in [1.165, 1.54) is 23.9 Å². The minimum atomic E-state index is -0.469. The number of carbonyl (C=O) groups is 1. The normalized spacial score (nSPS) is 14.1. The number of aryl methyl sites for hydroxylation is 2. The van der Waals surface area contributed by atoms with Gasteiger partial charge in [0.05, 0.1) is 10.4 Å². The van der Waals surface area contributed by atoms with Crippen LogP contribution >= 0.6 is 0 Å². The van der Waals surface area contributed by atoms with Crippen LogP contribution in [-0.4, -0.2) is 38.7 Å². The summed E-state index contributed by atoms with van der Waals surface area (Å²) in [6, 6.07) is 7.77. The van der Waals surface area contributed by atoms with E-state index in [0.717, 1.165) is 35.4 Å². The fourth-order valence-electron chi connectivity index (χ4n) is 4.18. The molecule has 0 aliphatic carbocycles. The van der Waals surface area contributed by atoms with Gasteiger partial charge in [-0.15, -0.1) is 0 Å². The molecule has 1 amide bonds. The lowest BCUT2D eigenvalue weighted by atomic mass is 10.1. The average molecular weight is 422 g/mol. The molecule has 1 aromatic carbocycles. The van der Waals surface area contributed by atoms with Gasteiger partial charge in [-0.1, -0.05) is 0 Å². The van der Waals surface area contributed by atoms with Crippen molar-refractivity contribution in [1.82, 2.24) is 14.8 Å². The Hall–Kier alpha value is -3.49. The molecule has 1 aliphatic rings. The fraction of sp³-hybridized carbons (Fsp3) is 0.409. The second-order valence-corrected chi connectivity index (χ2v) is 8.06. The van der Waals surface area contributed by atoms with Gasteiger partial charge in [0.15, 0.2) is 0 Å². The van der Waals surface area contributed by atoms with Crippen molar-refractivity contribution < 1.29 is 9.72 Å². The molecule has 1 saturated heterocycles. The number of piperidine rings is 1. The Morgan fingerprint density at radius 3 is 2.58 bits per heavy atom. The van der Waals surface area contributed by atoms with Crippen molar-refractivity contribution in [2.45, 2.75) is 46.6 Å². The quantitative estimate of drug-likeness (QED) is 0.494. The summed E-state index contributed by atoms with van der Waals surface area (Å²) < 4.78 is 1.36. The van der Waals surface area contributed by atoms with Gasteiger partial charge in [0, 0.05) is 24.2 Å². The van der Waals surface area contributed by atoms with Crippen molar-refractivity contribution in [2.24, 2.45) is 0 Å². The third-order valence-corrected chi connectivity index (χ3v) is 5.79. The molecule has 162 valence electrons. The van der Waals surface area contributed by atoms with Gasteiger partial charge in [-0.2, -0.15) is 5.10 Å². The highest BCUT2D eigenvalue weighted by molar-refractivity contribution is 5.94. The van der Waals surface area contributed by atoms with Gasteiger partial charge in [0.2, 0.25) is 5.91 Å². The maximum absolute atomic E-state index is 12.5. The van der Waals surface area contributed by atoms with Crippen molar-refractivity contribution in [3.8, 4) is 0 Å². The molecule has 0 unspecified atom stereocenters. The number of nitrogens with one attached hydrogen (secondary N) is 1. The summed E-state index contributed by atoms with van der Waals surface area (Å²) in [4.78, 5) is 30.4. The van der Waals surface area contributed by atoms with E-state index in [0.29, 0.717) is 17.1 Å². The van der Waals surface area contributed by atoms with Gasteiger partial charge < -0.3 is 10.2 Å². The molecule has 9 nitrogen and oxygen atoms in total. The van der Waals surface area contributed by atoms with E-state index in [-0.39, 0.29) is 18.1 Å². The van der Waals surface area contributed by atoms with E-state index in [1.807, 2.05) is 18.2 Å². The smallest absolute Gasteiger partial charge is 0.312 e. The van der Waals surface area contributed by atoms with Crippen LogP contribution in [0.3, 0.4) is 0 Å². The molecular weight excluding hydrogens is 396 g/mol. The number of pyridine rings is 1. The van der Waals surface area contributed by atoms with E-state index in [2.05, 4.69) is 28.3 Å². The molecule has 1 N–H and O–H groups in total. The van der Waals surface area contributed by atoms with E-state index in [1.54, 1.807) is 13.8 Å². The zero-order chi connectivity index (χ0) is 22.1. The Morgan fingerprint density at radius 1 is 1.16 bits per heavy atom. The maximum atomic E-state index is 12.5. The first-order valence-electron chi connectivity index (χ1n) is 10.5. The molecule has 0 spiro atoms. The number of hydrogen-bond donors (Lipinski definition) is 1. The van der Waals surface area contributed by atoms with Crippen LogP contribution in [0, 0.1) is 30.9 Å². The van der Waals surface area contributed by atoms with E-state index >= 15 is 0 Å². The second kappa shape index (κ2) is 8.33. The maximum Gasteiger partial charge on any atom is 0.312 e. The molecule has 3 aromatic rings. The van der Waals surface area contributed by atoms with Gasteiger partial charge in [0.1, 0.15) is 23.8 Å². The van der Waals surface area contributed by atoms with Crippen LogP contribution in [0.25, 0.3) is 10.9 Å². The molecule has 9 heteroatoms. The molecule has 31 heavy (non-hydrogen) atoms. The van der Waals surface area contributed by atoms with Crippen LogP contribution < -0.4 is 10.2 Å². The number of benzene rings is 1. The van der Waals surface area contributed by atoms with Crippen LogP contribution in [0.4, 0.5) is 17.2 Å². The number of amides is 1. The lowest BCUT2D eigenvalue weighted by molar-refractivity contribution is -0.386. The van der Waals surface area contributed by atoms with E-state index in [4.69, 9.17) is 4.98 Å². The molecule has 1 aliphatic heterocycles. The molecule has 4 rings (SSSR count). The first-order chi connectivity index (χ1) is 14.8. The first-order valence-corrected chi connectivity index (χ1v) is 10.5. The Bertz CT molecular complexity index is 1160. The molecule has 0 radical (unpaired) electrons. The number of hydrogen-bond acceptors (Lipinski definition) is 6. The van der Waals surface area contributed by atoms with Gasteiger partial charge in [-0.3, -0.25) is 19.6 Å². The zero-order valence-electron chi connectivity index (χ0n) is 18.0. The zero-order valence-corrected chi connectivity index (χ0v) is 18.0.